The number of anilines is 2. The molecule has 0 atom stereocenters. The summed E-state index contributed by atoms with van der Waals surface area (Å²) in [7, 11) is 0. The number of aromatic nitrogens is 2. The quantitative estimate of drug-likeness (QED) is 0.471. The molecule has 0 spiro atoms. The molecule has 11 nitrogen and oxygen atoms in total. The second kappa shape index (κ2) is 9.20. The summed E-state index contributed by atoms with van der Waals surface area (Å²) in [5, 5.41) is 11.4. The first-order valence-corrected chi connectivity index (χ1v) is 7.85. The van der Waals surface area contributed by atoms with Gasteiger partial charge in [0.1, 0.15) is 13.2 Å². The summed E-state index contributed by atoms with van der Waals surface area (Å²) >= 11 is 0. The van der Waals surface area contributed by atoms with E-state index >= 15 is 0 Å². The Morgan fingerprint density at radius 1 is 1.38 bits per heavy atom. The van der Waals surface area contributed by atoms with Crippen LogP contribution < -0.4 is 15.4 Å². The predicted molar refractivity (Wildman–Crippen MR) is 91.8 cm³/mol. The highest BCUT2D eigenvalue weighted by atomic mass is 16.6. The molecule has 2 bridgehead atoms. The SMILES string of the molecule is CCOC(=O)N1CC/C=C/OC/C=C\COc2nc(N)c([N+](=O)[O-])c1n2. The number of amides is 1. The molecule has 1 aliphatic rings. The first kappa shape index (κ1) is 19.0. The number of nitrogens with two attached hydrogens (primary N) is 1. The molecule has 1 aromatic rings. The van der Waals surface area contributed by atoms with Crippen molar-refractivity contribution in [3.05, 3.63) is 34.6 Å². The first-order valence-electron chi connectivity index (χ1n) is 7.85. The summed E-state index contributed by atoms with van der Waals surface area (Å²) in [5.74, 6) is -0.689. The fourth-order valence-electron chi connectivity index (χ4n) is 2.06. The van der Waals surface area contributed by atoms with Gasteiger partial charge >= 0.3 is 17.8 Å². The van der Waals surface area contributed by atoms with Gasteiger partial charge in [0.2, 0.25) is 11.6 Å². The van der Waals surface area contributed by atoms with E-state index in [1.165, 1.54) is 6.26 Å². The zero-order chi connectivity index (χ0) is 18.9. The van der Waals surface area contributed by atoms with Gasteiger partial charge < -0.3 is 19.9 Å². The van der Waals surface area contributed by atoms with Gasteiger partial charge in [0.15, 0.2) is 0 Å². The van der Waals surface area contributed by atoms with E-state index in [9.17, 15) is 14.9 Å². The lowest BCUT2D eigenvalue weighted by molar-refractivity contribution is -0.383. The zero-order valence-electron chi connectivity index (χ0n) is 14.2. The Hall–Kier alpha value is -3.37. The van der Waals surface area contributed by atoms with Crippen molar-refractivity contribution in [3.63, 3.8) is 0 Å². The number of carbonyl (C=O) groups excluding carboxylic acids is 1. The molecule has 1 amide bonds. The molecule has 0 fully saturated rings. The van der Waals surface area contributed by atoms with Crippen LogP contribution >= 0.6 is 0 Å². The smallest absolute Gasteiger partial charge is 0.415 e. The van der Waals surface area contributed by atoms with Crippen molar-refractivity contribution >= 4 is 23.4 Å². The number of nitro groups is 1. The number of ether oxygens (including phenoxy) is 3. The van der Waals surface area contributed by atoms with Crippen LogP contribution in [0.3, 0.4) is 0 Å². The number of carbonyl (C=O) groups is 1. The van der Waals surface area contributed by atoms with Crippen LogP contribution in [0.25, 0.3) is 0 Å². The van der Waals surface area contributed by atoms with Gasteiger partial charge in [-0.15, -0.1) is 0 Å². The maximum absolute atomic E-state index is 12.3. The zero-order valence-corrected chi connectivity index (χ0v) is 14.2. The van der Waals surface area contributed by atoms with Gasteiger partial charge in [0, 0.05) is 6.54 Å². The molecule has 2 heterocycles. The van der Waals surface area contributed by atoms with Crippen molar-refractivity contribution in [2.24, 2.45) is 0 Å². The molecule has 11 heteroatoms. The maximum Gasteiger partial charge on any atom is 0.415 e. The van der Waals surface area contributed by atoms with Crippen LogP contribution in [0.1, 0.15) is 13.3 Å². The third kappa shape index (κ3) is 4.82. The van der Waals surface area contributed by atoms with Crippen molar-refractivity contribution in [1.29, 1.82) is 0 Å². The van der Waals surface area contributed by atoms with Crippen molar-refractivity contribution in [1.82, 2.24) is 9.97 Å². The molecular formula is C15H19N5O6. The molecule has 1 aliphatic heterocycles. The van der Waals surface area contributed by atoms with Crippen LogP contribution in [0.15, 0.2) is 24.5 Å². The summed E-state index contributed by atoms with van der Waals surface area (Å²) in [6.45, 7) is 2.22. The van der Waals surface area contributed by atoms with Crippen LogP contribution in [0, 0.1) is 10.1 Å². The highest BCUT2D eigenvalue weighted by Gasteiger charge is 2.31. The number of fused-ring (bicyclic) bond motifs is 2. The van der Waals surface area contributed by atoms with Crippen molar-refractivity contribution in [2.45, 2.75) is 13.3 Å². The monoisotopic (exact) mass is 365 g/mol. The Morgan fingerprint density at radius 2 is 2.15 bits per heavy atom. The van der Waals surface area contributed by atoms with Gasteiger partial charge in [-0.2, -0.15) is 9.97 Å². The molecule has 0 aromatic carbocycles. The van der Waals surface area contributed by atoms with E-state index < -0.39 is 22.5 Å². The lowest BCUT2D eigenvalue weighted by Crippen LogP contribution is -2.34. The summed E-state index contributed by atoms with van der Waals surface area (Å²) < 4.78 is 15.5. The third-order valence-corrected chi connectivity index (χ3v) is 3.18. The van der Waals surface area contributed by atoms with Crippen LogP contribution in [-0.4, -0.2) is 47.3 Å². The molecule has 140 valence electrons. The highest BCUT2D eigenvalue weighted by molar-refractivity contribution is 5.90. The van der Waals surface area contributed by atoms with E-state index in [0.717, 1.165) is 4.90 Å². The predicted octanol–water partition coefficient (Wildman–Crippen LogP) is 1.80. The van der Waals surface area contributed by atoms with Gasteiger partial charge in [-0.3, -0.25) is 15.0 Å². The summed E-state index contributed by atoms with van der Waals surface area (Å²) in [6, 6.07) is -0.185. The average molecular weight is 365 g/mol. The molecule has 0 aliphatic carbocycles. The van der Waals surface area contributed by atoms with Crippen molar-refractivity contribution in [3.8, 4) is 6.01 Å². The van der Waals surface area contributed by atoms with E-state index in [1.807, 2.05) is 0 Å². The number of rotatable bonds is 2. The minimum Gasteiger partial charge on any atom is -0.497 e. The van der Waals surface area contributed by atoms with Crippen LogP contribution in [0.2, 0.25) is 0 Å². The van der Waals surface area contributed by atoms with Gasteiger partial charge in [-0.25, -0.2) is 4.79 Å². The topological polar surface area (TPSA) is 143 Å². The number of hydrogen-bond acceptors (Lipinski definition) is 9. The van der Waals surface area contributed by atoms with E-state index in [0.29, 0.717) is 13.0 Å². The second-order valence-corrected chi connectivity index (χ2v) is 4.95. The Kier molecular flexibility index (Phi) is 6.71. The minimum absolute atomic E-state index is 0.0608. The highest BCUT2D eigenvalue weighted by Crippen LogP contribution is 2.33. The van der Waals surface area contributed by atoms with Crippen molar-refractivity contribution < 1.29 is 23.9 Å². The standard InChI is InChI=1S/C15H19N5O6/c1-2-25-15(21)19-7-3-4-8-24-9-5-6-10-26-14-17-12(16)11(20(22)23)13(19)18-14/h4-6,8H,2-3,7,9-10H2,1H3,(H2,16,17,18)/b6-5-,8-4+. The first-order chi connectivity index (χ1) is 12.5. The van der Waals surface area contributed by atoms with Crippen LogP contribution in [-0.2, 0) is 9.47 Å². The fourth-order valence-corrected chi connectivity index (χ4v) is 2.06. The lowest BCUT2D eigenvalue weighted by Gasteiger charge is -2.20. The van der Waals surface area contributed by atoms with Gasteiger partial charge in [-0.1, -0.05) is 0 Å². The van der Waals surface area contributed by atoms with Gasteiger partial charge in [0.05, 0.1) is 17.8 Å². The Labute approximate surface area is 149 Å². The normalized spacial score (nSPS) is 17.2. The number of hydrogen-bond donors (Lipinski definition) is 1. The molecule has 2 rings (SSSR count). The molecule has 0 saturated carbocycles. The minimum atomic E-state index is -0.791. The molecule has 0 saturated heterocycles. The maximum atomic E-state index is 12.3. The summed E-state index contributed by atoms with van der Waals surface area (Å²) in [4.78, 5) is 31.8. The summed E-state index contributed by atoms with van der Waals surface area (Å²) in [5.41, 5.74) is 5.11. The Balaban J connectivity index is 2.51. The largest absolute Gasteiger partial charge is 0.497 e. The Morgan fingerprint density at radius 3 is 2.88 bits per heavy atom. The van der Waals surface area contributed by atoms with Gasteiger partial charge in [-0.05, 0) is 31.6 Å². The van der Waals surface area contributed by atoms with Crippen LogP contribution in [0.5, 0.6) is 6.01 Å². The average Bonchev–Trinajstić information content (AvgIpc) is 2.58. The molecule has 0 unspecified atom stereocenters. The molecular weight excluding hydrogens is 346 g/mol. The second-order valence-electron chi connectivity index (χ2n) is 4.95. The number of nitrogen functional groups attached to an aromatic ring is 1. The summed E-state index contributed by atoms with van der Waals surface area (Å²) in [6.07, 6.45) is 6.12. The fraction of sp³-hybridized carbons (Fsp3) is 0.400. The van der Waals surface area contributed by atoms with Gasteiger partial charge in [0.25, 0.3) is 0 Å². The molecule has 0 radical (unpaired) electrons. The Bertz CT molecular complexity index is 721. The molecule has 26 heavy (non-hydrogen) atoms. The molecule has 2 N–H and O–H groups in total. The lowest BCUT2D eigenvalue weighted by atomic mass is 10.3. The van der Waals surface area contributed by atoms with Crippen molar-refractivity contribution in [2.75, 3.05) is 37.0 Å². The van der Waals surface area contributed by atoms with Crippen LogP contribution in [0.4, 0.5) is 22.1 Å². The number of nitrogens with zero attached hydrogens (tertiary/aromatic N) is 4. The molecule has 1 aromatic heterocycles. The van der Waals surface area contributed by atoms with E-state index in [1.54, 1.807) is 25.2 Å². The van der Waals surface area contributed by atoms with E-state index in [2.05, 4.69) is 9.97 Å². The van der Waals surface area contributed by atoms with E-state index in [4.69, 9.17) is 19.9 Å². The van der Waals surface area contributed by atoms with E-state index in [-0.39, 0.29) is 31.6 Å². The third-order valence-electron chi connectivity index (χ3n) is 3.18.